The highest BCUT2D eigenvalue weighted by Crippen LogP contribution is 2.38. The minimum Gasteiger partial charge on any atom is -0.500 e. The third-order valence-corrected chi connectivity index (χ3v) is 2.71. The standard InChI is InChI=1S/C12H15FN2O6.ClH/c1-3-21-12(17)9(13)10(14)6-4-7(15(18)19)11(16)8(5-6)20-2;/h4-5,9-10,16H,3,14H2,1-2H3;1H/t9?,10-;/m1./s1. The van der Waals surface area contributed by atoms with Crippen molar-refractivity contribution in [2.45, 2.75) is 19.1 Å². The Morgan fingerprint density at radius 1 is 1.55 bits per heavy atom. The van der Waals surface area contributed by atoms with Crippen molar-refractivity contribution >= 4 is 24.1 Å². The minimum atomic E-state index is -2.20. The Labute approximate surface area is 131 Å². The summed E-state index contributed by atoms with van der Waals surface area (Å²) in [5.41, 5.74) is 4.81. The lowest BCUT2D eigenvalue weighted by molar-refractivity contribution is -0.386. The number of ether oxygens (including phenoxy) is 2. The number of carbonyl (C=O) groups excluding carboxylic acids is 1. The first-order chi connectivity index (χ1) is 9.83. The van der Waals surface area contributed by atoms with Gasteiger partial charge in [-0.3, -0.25) is 10.1 Å². The van der Waals surface area contributed by atoms with Crippen LogP contribution in [0.1, 0.15) is 18.5 Å². The lowest BCUT2D eigenvalue weighted by Gasteiger charge is -2.17. The van der Waals surface area contributed by atoms with Crippen molar-refractivity contribution in [3.63, 3.8) is 0 Å². The number of nitro benzene ring substituents is 1. The molecule has 3 N–H and O–H groups in total. The third-order valence-electron chi connectivity index (χ3n) is 2.71. The molecule has 0 aliphatic rings. The molecular formula is C12H16ClFN2O6. The Bertz CT molecular complexity index is 557. The smallest absolute Gasteiger partial charge is 0.342 e. The van der Waals surface area contributed by atoms with Crippen LogP contribution in [0.25, 0.3) is 0 Å². The molecule has 22 heavy (non-hydrogen) atoms. The molecule has 1 rings (SSSR count). The fourth-order valence-corrected chi connectivity index (χ4v) is 1.64. The zero-order valence-electron chi connectivity index (χ0n) is 11.8. The van der Waals surface area contributed by atoms with Gasteiger partial charge in [-0.05, 0) is 18.6 Å². The van der Waals surface area contributed by atoms with E-state index >= 15 is 0 Å². The molecule has 0 saturated carbocycles. The van der Waals surface area contributed by atoms with Gasteiger partial charge in [-0.1, -0.05) is 0 Å². The number of hydrogen-bond donors (Lipinski definition) is 2. The lowest BCUT2D eigenvalue weighted by Crippen LogP contribution is -2.31. The van der Waals surface area contributed by atoms with E-state index in [4.69, 9.17) is 10.5 Å². The predicted molar refractivity (Wildman–Crippen MR) is 77.0 cm³/mol. The molecule has 0 aliphatic heterocycles. The maximum atomic E-state index is 13.9. The highest BCUT2D eigenvalue weighted by Gasteiger charge is 2.31. The number of carbonyl (C=O) groups is 1. The summed E-state index contributed by atoms with van der Waals surface area (Å²) in [6.07, 6.45) is -2.20. The summed E-state index contributed by atoms with van der Waals surface area (Å²) in [7, 11) is 1.17. The molecule has 2 atom stereocenters. The molecule has 0 amide bonds. The Hall–Kier alpha value is -2.13. The van der Waals surface area contributed by atoms with Crippen molar-refractivity contribution < 1.29 is 28.7 Å². The van der Waals surface area contributed by atoms with Gasteiger partial charge in [-0.2, -0.15) is 0 Å². The van der Waals surface area contributed by atoms with Gasteiger partial charge >= 0.3 is 11.7 Å². The average molecular weight is 339 g/mol. The summed E-state index contributed by atoms with van der Waals surface area (Å²) >= 11 is 0. The molecule has 1 aromatic carbocycles. The number of nitrogens with zero attached hydrogens (tertiary/aromatic N) is 1. The zero-order valence-corrected chi connectivity index (χ0v) is 12.6. The number of hydrogen-bond acceptors (Lipinski definition) is 7. The maximum absolute atomic E-state index is 13.9. The first-order valence-corrected chi connectivity index (χ1v) is 5.95. The Morgan fingerprint density at radius 2 is 2.14 bits per heavy atom. The molecule has 0 bridgehead atoms. The topological polar surface area (TPSA) is 125 Å². The van der Waals surface area contributed by atoms with Crippen LogP contribution >= 0.6 is 12.4 Å². The van der Waals surface area contributed by atoms with E-state index < -0.39 is 34.5 Å². The Kier molecular flexibility index (Phi) is 7.54. The SMILES string of the molecule is CCOC(=O)C(F)[C@H](N)c1cc(OC)c(O)c([N+](=O)[O-])c1.Cl. The fourth-order valence-electron chi connectivity index (χ4n) is 1.64. The molecule has 0 radical (unpaired) electrons. The van der Waals surface area contributed by atoms with Crippen LogP contribution in [0.15, 0.2) is 12.1 Å². The largest absolute Gasteiger partial charge is 0.500 e. The van der Waals surface area contributed by atoms with E-state index in [-0.39, 0.29) is 30.3 Å². The van der Waals surface area contributed by atoms with Crippen LogP contribution in [-0.4, -0.2) is 35.9 Å². The summed E-state index contributed by atoms with van der Waals surface area (Å²) in [4.78, 5) is 21.3. The third kappa shape index (κ3) is 4.18. The number of benzene rings is 1. The van der Waals surface area contributed by atoms with Crippen molar-refractivity contribution in [2.75, 3.05) is 13.7 Å². The molecule has 1 unspecified atom stereocenters. The molecule has 0 aliphatic carbocycles. The molecule has 1 aromatic rings. The van der Waals surface area contributed by atoms with Crippen molar-refractivity contribution in [1.29, 1.82) is 0 Å². The lowest BCUT2D eigenvalue weighted by atomic mass is 10.0. The van der Waals surface area contributed by atoms with E-state index in [2.05, 4.69) is 4.74 Å². The molecule has 0 aromatic heterocycles. The van der Waals surface area contributed by atoms with E-state index in [1.807, 2.05) is 0 Å². The molecular weight excluding hydrogens is 323 g/mol. The first-order valence-electron chi connectivity index (χ1n) is 5.95. The van der Waals surface area contributed by atoms with Gasteiger partial charge in [-0.25, -0.2) is 9.18 Å². The number of phenolic OH excluding ortho intramolecular Hbond substituents is 1. The monoisotopic (exact) mass is 338 g/mol. The highest BCUT2D eigenvalue weighted by molar-refractivity contribution is 5.85. The van der Waals surface area contributed by atoms with E-state index in [0.29, 0.717) is 0 Å². The van der Waals surface area contributed by atoms with Crippen LogP contribution in [0.2, 0.25) is 0 Å². The van der Waals surface area contributed by atoms with Crippen molar-refractivity contribution in [1.82, 2.24) is 0 Å². The molecule has 0 spiro atoms. The number of methoxy groups -OCH3 is 1. The van der Waals surface area contributed by atoms with Crippen LogP contribution in [0.5, 0.6) is 11.5 Å². The number of esters is 1. The molecule has 0 heterocycles. The van der Waals surface area contributed by atoms with Crippen LogP contribution in [-0.2, 0) is 9.53 Å². The second-order valence-corrected chi connectivity index (χ2v) is 4.03. The molecule has 0 saturated heterocycles. The van der Waals surface area contributed by atoms with Crippen LogP contribution in [0.4, 0.5) is 10.1 Å². The number of halogens is 2. The van der Waals surface area contributed by atoms with Crippen molar-refractivity contribution in [3.8, 4) is 11.5 Å². The fraction of sp³-hybridized carbons (Fsp3) is 0.417. The van der Waals surface area contributed by atoms with Gasteiger partial charge in [0.2, 0.25) is 11.9 Å². The Morgan fingerprint density at radius 3 is 2.59 bits per heavy atom. The van der Waals surface area contributed by atoms with Crippen LogP contribution in [0, 0.1) is 10.1 Å². The highest BCUT2D eigenvalue weighted by atomic mass is 35.5. The molecule has 8 nitrogen and oxygen atoms in total. The van der Waals surface area contributed by atoms with E-state index in [9.17, 15) is 24.4 Å². The quantitative estimate of drug-likeness (QED) is 0.458. The number of aromatic hydroxyl groups is 1. The number of rotatable bonds is 6. The van der Waals surface area contributed by atoms with Gasteiger partial charge in [0, 0.05) is 6.07 Å². The van der Waals surface area contributed by atoms with Crippen molar-refractivity contribution in [3.05, 3.63) is 27.8 Å². The second kappa shape index (κ2) is 8.35. The summed E-state index contributed by atoms with van der Waals surface area (Å²) in [5, 5.41) is 20.4. The van der Waals surface area contributed by atoms with E-state index in [0.717, 1.165) is 12.1 Å². The summed E-state index contributed by atoms with van der Waals surface area (Å²) in [6.45, 7) is 1.48. The van der Waals surface area contributed by atoms with Crippen LogP contribution < -0.4 is 10.5 Å². The van der Waals surface area contributed by atoms with Gasteiger partial charge < -0.3 is 20.3 Å². The normalized spacial score (nSPS) is 12.7. The van der Waals surface area contributed by atoms with Gasteiger partial charge in [0.05, 0.1) is 24.7 Å². The molecule has 124 valence electrons. The zero-order chi connectivity index (χ0) is 16.2. The summed E-state index contributed by atoms with van der Waals surface area (Å²) in [6, 6.07) is 0.518. The van der Waals surface area contributed by atoms with E-state index in [1.165, 1.54) is 14.0 Å². The number of nitro groups is 1. The van der Waals surface area contributed by atoms with Gasteiger partial charge in [0.15, 0.2) is 5.75 Å². The minimum absolute atomic E-state index is 0. The van der Waals surface area contributed by atoms with Gasteiger partial charge in [0.25, 0.3) is 0 Å². The first kappa shape index (κ1) is 19.9. The molecule has 10 heteroatoms. The van der Waals surface area contributed by atoms with E-state index in [1.54, 1.807) is 0 Å². The van der Waals surface area contributed by atoms with Crippen molar-refractivity contribution in [2.24, 2.45) is 5.73 Å². The number of nitrogens with two attached hydrogens (primary N) is 1. The maximum Gasteiger partial charge on any atom is 0.342 e. The summed E-state index contributed by atoms with van der Waals surface area (Å²) in [5.74, 6) is -2.12. The summed E-state index contributed by atoms with van der Waals surface area (Å²) < 4.78 is 23.1. The number of phenols is 1. The van der Waals surface area contributed by atoms with Gasteiger partial charge in [-0.15, -0.1) is 12.4 Å². The molecule has 0 fully saturated rings. The Balaban J connectivity index is 0.00000441. The van der Waals surface area contributed by atoms with Gasteiger partial charge in [0.1, 0.15) is 0 Å². The van der Waals surface area contributed by atoms with Crippen LogP contribution in [0.3, 0.4) is 0 Å². The number of alkyl halides is 1. The predicted octanol–water partition coefficient (Wildman–Crippen LogP) is 1.63. The second-order valence-electron chi connectivity index (χ2n) is 4.03. The average Bonchev–Trinajstić information content (AvgIpc) is 2.45.